The van der Waals surface area contributed by atoms with E-state index in [1.165, 1.54) is 25.3 Å². The Morgan fingerprint density at radius 2 is 2.04 bits per heavy atom. The molecule has 0 aliphatic heterocycles. The Morgan fingerprint density at radius 1 is 1.33 bits per heavy atom. The molecule has 0 unspecified atom stereocenters. The lowest BCUT2D eigenvalue weighted by Crippen LogP contribution is -1.93. The number of hydrogen-bond acceptors (Lipinski definition) is 6. The van der Waals surface area contributed by atoms with Crippen LogP contribution < -0.4 is 4.74 Å². The standard InChI is InChI=1S/C19H16N4O4/c1-10-4-14-15(5-11(10)2)22-19(21-14)13(9-20)6-12-7-16(23(25)26)18(24)17(8-12)27-3/h4-8,24H,1-3H3,(H,21,22)/b13-6-. The first kappa shape index (κ1) is 17.9. The fourth-order valence-corrected chi connectivity index (χ4v) is 2.71. The topological polar surface area (TPSA) is 125 Å². The highest BCUT2D eigenvalue weighted by molar-refractivity contribution is 5.91. The third-order valence-corrected chi connectivity index (χ3v) is 4.28. The molecule has 0 aliphatic carbocycles. The zero-order chi connectivity index (χ0) is 19.7. The number of fused-ring (bicyclic) bond motifs is 1. The molecular weight excluding hydrogens is 348 g/mol. The molecule has 3 aromatic rings. The van der Waals surface area contributed by atoms with Gasteiger partial charge in [-0.15, -0.1) is 0 Å². The Morgan fingerprint density at radius 3 is 2.67 bits per heavy atom. The number of hydrogen-bond donors (Lipinski definition) is 2. The van der Waals surface area contributed by atoms with Gasteiger partial charge in [0.1, 0.15) is 11.9 Å². The van der Waals surface area contributed by atoms with Crippen molar-refractivity contribution in [1.82, 2.24) is 9.97 Å². The van der Waals surface area contributed by atoms with E-state index >= 15 is 0 Å². The number of phenols is 1. The molecule has 0 saturated heterocycles. The molecule has 1 aromatic heterocycles. The van der Waals surface area contributed by atoms with Crippen LogP contribution in [0.15, 0.2) is 24.3 Å². The first-order valence-corrected chi connectivity index (χ1v) is 7.98. The highest BCUT2D eigenvalue weighted by Crippen LogP contribution is 2.37. The van der Waals surface area contributed by atoms with E-state index in [0.29, 0.717) is 11.4 Å². The number of nitrogens with one attached hydrogen (secondary N) is 1. The molecule has 0 bridgehead atoms. The van der Waals surface area contributed by atoms with Crippen molar-refractivity contribution in [2.24, 2.45) is 0 Å². The maximum absolute atomic E-state index is 11.1. The highest BCUT2D eigenvalue weighted by atomic mass is 16.6. The first-order chi connectivity index (χ1) is 12.8. The van der Waals surface area contributed by atoms with Crippen LogP contribution in [0.1, 0.15) is 22.5 Å². The van der Waals surface area contributed by atoms with Crippen LogP contribution in [0.4, 0.5) is 5.69 Å². The second-order valence-corrected chi connectivity index (χ2v) is 6.06. The maximum Gasteiger partial charge on any atom is 0.315 e. The summed E-state index contributed by atoms with van der Waals surface area (Å²) in [5.41, 5.74) is 3.73. The number of phenolic OH excluding ortho intramolecular Hbond substituents is 1. The van der Waals surface area contributed by atoms with E-state index in [1.807, 2.05) is 26.0 Å². The lowest BCUT2D eigenvalue weighted by atomic mass is 10.1. The molecule has 136 valence electrons. The van der Waals surface area contributed by atoms with Gasteiger partial charge in [-0.2, -0.15) is 5.26 Å². The number of nitrogens with zero attached hydrogens (tertiary/aromatic N) is 3. The molecular formula is C19H16N4O4. The molecule has 0 fully saturated rings. The normalized spacial score (nSPS) is 11.4. The maximum atomic E-state index is 11.1. The highest BCUT2D eigenvalue weighted by Gasteiger charge is 2.20. The summed E-state index contributed by atoms with van der Waals surface area (Å²) in [7, 11) is 1.29. The van der Waals surface area contributed by atoms with E-state index in [4.69, 9.17) is 4.74 Å². The van der Waals surface area contributed by atoms with Crippen molar-refractivity contribution in [2.45, 2.75) is 13.8 Å². The van der Waals surface area contributed by atoms with Crippen LogP contribution in [0.5, 0.6) is 11.5 Å². The SMILES string of the molecule is COc1cc(/C=C(/C#N)c2nc3cc(C)c(C)cc3[nH]2)cc([N+](=O)[O-])c1O. The summed E-state index contributed by atoms with van der Waals surface area (Å²) < 4.78 is 4.98. The third kappa shape index (κ3) is 3.30. The number of aryl methyl sites for hydroxylation is 2. The second-order valence-electron chi connectivity index (χ2n) is 6.06. The van der Waals surface area contributed by atoms with Crippen LogP contribution in [-0.2, 0) is 0 Å². The molecule has 8 nitrogen and oxygen atoms in total. The van der Waals surface area contributed by atoms with Gasteiger partial charge >= 0.3 is 5.69 Å². The Balaban J connectivity index is 2.13. The van der Waals surface area contributed by atoms with E-state index in [0.717, 1.165) is 22.2 Å². The molecule has 8 heteroatoms. The Hall–Kier alpha value is -3.86. The number of methoxy groups -OCH3 is 1. The average Bonchev–Trinajstić information content (AvgIpc) is 3.03. The van der Waals surface area contributed by atoms with Gasteiger partial charge in [0.2, 0.25) is 5.75 Å². The number of aromatic amines is 1. The van der Waals surface area contributed by atoms with Crippen molar-refractivity contribution in [3.05, 3.63) is 56.9 Å². The number of nitriles is 1. The molecule has 27 heavy (non-hydrogen) atoms. The zero-order valence-electron chi connectivity index (χ0n) is 14.9. The number of imidazole rings is 1. The summed E-state index contributed by atoms with van der Waals surface area (Å²) in [5, 5.41) is 30.5. The molecule has 0 radical (unpaired) electrons. The van der Waals surface area contributed by atoms with Crippen molar-refractivity contribution in [2.75, 3.05) is 7.11 Å². The number of aromatic nitrogens is 2. The molecule has 0 amide bonds. The predicted molar refractivity (Wildman–Crippen MR) is 100 cm³/mol. The van der Waals surface area contributed by atoms with E-state index in [1.54, 1.807) is 0 Å². The minimum Gasteiger partial charge on any atom is -0.500 e. The van der Waals surface area contributed by atoms with E-state index in [2.05, 4.69) is 16.0 Å². The lowest BCUT2D eigenvalue weighted by molar-refractivity contribution is -0.386. The fraction of sp³-hybridized carbons (Fsp3) is 0.158. The fourth-order valence-electron chi connectivity index (χ4n) is 2.71. The number of aromatic hydroxyl groups is 1. The van der Waals surface area contributed by atoms with Crippen molar-refractivity contribution in [3.63, 3.8) is 0 Å². The van der Waals surface area contributed by atoms with Crippen molar-refractivity contribution < 1.29 is 14.8 Å². The number of ether oxygens (including phenoxy) is 1. The van der Waals surface area contributed by atoms with E-state index in [-0.39, 0.29) is 11.3 Å². The quantitative estimate of drug-likeness (QED) is 0.411. The minimum absolute atomic E-state index is 0.0522. The number of rotatable bonds is 4. The summed E-state index contributed by atoms with van der Waals surface area (Å²) in [5.74, 6) is -0.261. The van der Waals surface area contributed by atoms with Crippen molar-refractivity contribution in [3.8, 4) is 17.6 Å². The Bertz CT molecular complexity index is 1100. The van der Waals surface area contributed by atoms with Crippen LogP contribution in [-0.4, -0.2) is 27.1 Å². The minimum atomic E-state index is -0.714. The van der Waals surface area contributed by atoms with Gasteiger partial charge in [0.25, 0.3) is 0 Å². The Labute approximate surface area is 154 Å². The van der Waals surface area contributed by atoms with Gasteiger partial charge < -0.3 is 14.8 Å². The van der Waals surface area contributed by atoms with Gasteiger partial charge in [-0.05, 0) is 54.8 Å². The summed E-state index contributed by atoms with van der Waals surface area (Å²) >= 11 is 0. The molecule has 0 aliphatic rings. The second kappa shape index (κ2) is 6.80. The van der Waals surface area contributed by atoms with Gasteiger partial charge in [0, 0.05) is 6.07 Å². The molecule has 2 N–H and O–H groups in total. The number of nitro groups is 1. The van der Waals surface area contributed by atoms with Gasteiger partial charge in [0.15, 0.2) is 5.75 Å². The van der Waals surface area contributed by atoms with Crippen LogP contribution in [0.25, 0.3) is 22.7 Å². The molecule has 2 aromatic carbocycles. The van der Waals surface area contributed by atoms with Gasteiger partial charge in [0.05, 0.1) is 28.6 Å². The van der Waals surface area contributed by atoms with Crippen molar-refractivity contribution in [1.29, 1.82) is 5.26 Å². The monoisotopic (exact) mass is 364 g/mol. The molecule has 0 saturated carbocycles. The number of benzene rings is 2. The smallest absolute Gasteiger partial charge is 0.315 e. The third-order valence-electron chi connectivity index (χ3n) is 4.28. The van der Waals surface area contributed by atoms with E-state index in [9.17, 15) is 20.5 Å². The van der Waals surface area contributed by atoms with Crippen LogP contribution in [0.2, 0.25) is 0 Å². The summed E-state index contributed by atoms with van der Waals surface area (Å²) in [4.78, 5) is 18.0. The molecule has 0 atom stereocenters. The van der Waals surface area contributed by atoms with Gasteiger partial charge in [-0.3, -0.25) is 10.1 Å². The number of nitro benzene ring substituents is 1. The van der Waals surface area contributed by atoms with Gasteiger partial charge in [-0.1, -0.05) is 0 Å². The van der Waals surface area contributed by atoms with Crippen LogP contribution >= 0.6 is 0 Å². The Kier molecular flexibility index (Phi) is 4.52. The van der Waals surface area contributed by atoms with E-state index < -0.39 is 16.4 Å². The first-order valence-electron chi connectivity index (χ1n) is 7.98. The summed E-state index contributed by atoms with van der Waals surface area (Å²) in [6, 6.07) is 8.51. The largest absolute Gasteiger partial charge is 0.500 e. The molecule has 0 spiro atoms. The molecule has 3 rings (SSSR count). The molecule has 1 heterocycles. The van der Waals surface area contributed by atoms with Gasteiger partial charge in [-0.25, -0.2) is 4.98 Å². The predicted octanol–water partition coefficient (Wildman–Crippen LogP) is 3.87. The lowest BCUT2D eigenvalue weighted by Gasteiger charge is -2.05. The number of H-pyrrole nitrogens is 1. The summed E-state index contributed by atoms with van der Waals surface area (Å²) in [6.45, 7) is 3.96. The number of allylic oxidation sites excluding steroid dienone is 1. The van der Waals surface area contributed by atoms with Crippen LogP contribution in [0, 0.1) is 35.3 Å². The van der Waals surface area contributed by atoms with Crippen LogP contribution in [0.3, 0.4) is 0 Å². The van der Waals surface area contributed by atoms with Crippen molar-refractivity contribution >= 4 is 28.4 Å². The average molecular weight is 364 g/mol. The summed E-state index contributed by atoms with van der Waals surface area (Å²) in [6.07, 6.45) is 1.45. The zero-order valence-corrected chi connectivity index (χ0v) is 14.9.